The largest absolute Gasteiger partial charge is 0.355 e. The molecule has 2 aromatic carbocycles. The zero-order valence-electron chi connectivity index (χ0n) is 18.0. The number of nitrogens with zero attached hydrogens (tertiary/aromatic N) is 4. The Kier molecular flexibility index (Phi) is 6.58. The second-order valence-corrected chi connectivity index (χ2v) is 8.00. The second-order valence-electron chi connectivity index (χ2n) is 8.00. The van der Waals surface area contributed by atoms with Crippen LogP contribution in [0.5, 0.6) is 0 Å². The highest BCUT2D eigenvalue weighted by Gasteiger charge is 2.28. The summed E-state index contributed by atoms with van der Waals surface area (Å²) in [6.45, 7) is 1.41. The lowest BCUT2D eigenvalue weighted by Crippen LogP contribution is -2.45. The van der Waals surface area contributed by atoms with Crippen LogP contribution < -0.4 is 5.32 Å². The van der Waals surface area contributed by atoms with Crippen molar-refractivity contribution in [2.24, 2.45) is 13.0 Å². The summed E-state index contributed by atoms with van der Waals surface area (Å²) >= 11 is 0. The zero-order valence-corrected chi connectivity index (χ0v) is 18.0. The Bertz CT molecular complexity index is 1080. The third-order valence-corrected chi connectivity index (χ3v) is 5.82. The number of likely N-dealkylation sites (tertiary alicyclic amines) is 1. The standard InChI is InChI=1S/C24H26FN5O2/c1-29-21(27-28-22(29)17-6-3-2-4-7-17)13-14-26-23(31)19-8-5-15-30(16-19)24(32)18-9-11-20(25)12-10-18/h2-4,6-7,9-12,19H,5,8,13-16H2,1H3,(H,26,31)/t19-/m0/s1. The summed E-state index contributed by atoms with van der Waals surface area (Å²) < 4.78 is 15.1. The summed E-state index contributed by atoms with van der Waals surface area (Å²) in [7, 11) is 1.92. The molecule has 0 spiro atoms. The van der Waals surface area contributed by atoms with Crippen molar-refractivity contribution in [3.8, 4) is 11.4 Å². The number of nitrogens with one attached hydrogen (secondary N) is 1. The highest BCUT2D eigenvalue weighted by Crippen LogP contribution is 2.20. The SMILES string of the molecule is Cn1c(CCNC(=O)[C@H]2CCCN(C(=O)c3ccc(F)cc3)C2)nnc1-c1ccccc1. The topological polar surface area (TPSA) is 80.1 Å². The van der Waals surface area contributed by atoms with Gasteiger partial charge in [-0.25, -0.2) is 4.39 Å². The quantitative estimate of drug-likeness (QED) is 0.646. The van der Waals surface area contributed by atoms with Crippen molar-refractivity contribution in [3.05, 3.63) is 71.8 Å². The molecule has 0 unspecified atom stereocenters. The summed E-state index contributed by atoms with van der Waals surface area (Å²) in [5, 5.41) is 11.5. The van der Waals surface area contributed by atoms with E-state index in [-0.39, 0.29) is 23.5 Å². The normalized spacial score (nSPS) is 16.1. The van der Waals surface area contributed by atoms with Crippen molar-refractivity contribution < 1.29 is 14.0 Å². The van der Waals surface area contributed by atoms with Crippen LogP contribution in [-0.4, -0.2) is 51.1 Å². The van der Waals surface area contributed by atoms with Crippen molar-refractivity contribution in [2.75, 3.05) is 19.6 Å². The molecular formula is C24H26FN5O2. The number of hydrogen-bond acceptors (Lipinski definition) is 4. The van der Waals surface area contributed by atoms with Gasteiger partial charge in [-0.15, -0.1) is 10.2 Å². The van der Waals surface area contributed by atoms with Crippen molar-refractivity contribution in [1.82, 2.24) is 25.0 Å². The fourth-order valence-electron chi connectivity index (χ4n) is 4.01. The summed E-state index contributed by atoms with van der Waals surface area (Å²) in [6.07, 6.45) is 2.06. The van der Waals surface area contributed by atoms with Gasteiger partial charge in [-0.05, 0) is 37.1 Å². The molecule has 0 saturated carbocycles. The molecule has 166 valence electrons. The van der Waals surface area contributed by atoms with Gasteiger partial charge < -0.3 is 14.8 Å². The van der Waals surface area contributed by atoms with Crippen molar-refractivity contribution in [3.63, 3.8) is 0 Å². The minimum atomic E-state index is -0.378. The van der Waals surface area contributed by atoms with Gasteiger partial charge in [-0.1, -0.05) is 30.3 Å². The number of amides is 2. The van der Waals surface area contributed by atoms with Gasteiger partial charge in [0, 0.05) is 44.2 Å². The zero-order chi connectivity index (χ0) is 22.5. The number of carbonyl (C=O) groups excluding carboxylic acids is 2. The molecular weight excluding hydrogens is 409 g/mol. The summed E-state index contributed by atoms with van der Waals surface area (Å²) in [6, 6.07) is 15.3. The molecule has 0 aliphatic carbocycles. The van der Waals surface area contributed by atoms with E-state index in [2.05, 4.69) is 15.5 Å². The molecule has 3 aromatic rings. The summed E-state index contributed by atoms with van der Waals surface area (Å²) in [4.78, 5) is 27.1. The van der Waals surface area contributed by atoms with E-state index in [4.69, 9.17) is 0 Å². The fourth-order valence-corrected chi connectivity index (χ4v) is 4.01. The highest BCUT2D eigenvalue weighted by molar-refractivity contribution is 5.94. The fraction of sp³-hybridized carbons (Fsp3) is 0.333. The minimum absolute atomic E-state index is 0.0629. The number of rotatable bonds is 6. The predicted molar refractivity (Wildman–Crippen MR) is 118 cm³/mol. The molecule has 1 fully saturated rings. The molecule has 8 heteroatoms. The average molecular weight is 436 g/mol. The lowest BCUT2D eigenvalue weighted by molar-refractivity contribution is -0.126. The first kappa shape index (κ1) is 21.7. The second kappa shape index (κ2) is 9.72. The number of halogens is 1. The van der Waals surface area contributed by atoms with E-state index in [1.165, 1.54) is 24.3 Å². The van der Waals surface area contributed by atoms with E-state index in [1.54, 1.807) is 4.90 Å². The van der Waals surface area contributed by atoms with Crippen molar-refractivity contribution >= 4 is 11.8 Å². The van der Waals surface area contributed by atoms with E-state index in [1.807, 2.05) is 41.9 Å². The maximum atomic E-state index is 13.1. The molecule has 1 aliphatic heterocycles. The molecule has 2 amide bonds. The number of piperidine rings is 1. The van der Waals surface area contributed by atoms with Gasteiger partial charge >= 0.3 is 0 Å². The maximum Gasteiger partial charge on any atom is 0.253 e. The first-order chi connectivity index (χ1) is 15.5. The Labute approximate surface area is 186 Å². The number of aromatic nitrogens is 3. The van der Waals surface area contributed by atoms with E-state index >= 15 is 0 Å². The maximum absolute atomic E-state index is 13.1. The average Bonchev–Trinajstić information content (AvgIpc) is 3.20. The van der Waals surface area contributed by atoms with E-state index in [0.29, 0.717) is 31.6 Å². The van der Waals surface area contributed by atoms with Gasteiger partial charge in [-0.3, -0.25) is 9.59 Å². The molecule has 1 atom stereocenters. The van der Waals surface area contributed by atoms with Crippen LogP contribution in [0, 0.1) is 11.7 Å². The Morgan fingerprint density at radius 3 is 2.59 bits per heavy atom. The monoisotopic (exact) mass is 435 g/mol. The van der Waals surface area contributed by atoms with Gasteiger partial charge in [0.05, 0.1) is 5.92 Å². The lowest BCUT2D eigenvalue weighted by atomic mass is 9.96. The van der Waals surface area contributed by atoms with Gasteiger partial charge in [0.2, 0.25) is 5.91 Å². The Hall–Kier alpha value is -3.55. The predicted octanol–water partition coefficient (Wildman–Crippen LogP) is 2.83. The van der Waals surface area contributed by atoms with Crippen LogP contribution in [0.1, 0.15) is 29.0 Å². The summed E-state index contributed by atoms with van der Waals surface area (Å²) in [5.74, 6) is 0.709. The molecule has 0 radical (unpaired) electrons. The van der Waals surface area contributed by atoms with E-state index in [9.17, 15) is 14.0 Å². The third-order valence-electron chi connectivity index (χ3n) is 5.82. The first-order valence-electron chi connectivity index (χ1n) is 10.8. The smallest absolute Gasteiger partial charge is 0.253 e. The Morgan fingerprint density at radius 2 is 1.84 bits per heavy atom. The summed E-state index contributed by atoms with van der Waals surface area (Å²) in [5.41, 5.74) is 1.43. The van der Waals surface area contributed by atoms with E-state index in [0.717, 1.165) is 30.1 Å². The van der Waals surface area contributed by atoms with Crippen LogP contribution in [-0.2, 0) is 18.3 Å². The lowest BCUT2D eigenvalue weighted by Gasteiger charge is -2.32. The molecule has 7 nitrogen and oxygen atoms in total. The molecule has 4 rings (SSSR count). The highest BCUT2D eigenvalue weighted by atomic mass is 19.1. The number of carbonyl (C=O) groups is 2. The Morgan fingerprint density at radius 1 is 1.09 bits per heavy atom. The van der Waals surface area contributed by atoms with Crippen LogP contribution in [0.3, 0.4) is 0 Å². The Balaban J connectivity index is 1.30. The van der Waals surface area contributed by atoms with Crippen LogP contribution in [0.2, 0.25) is 0 Å². The van der Waals surface area contributed by atoms with Crippen LogP contribution in [0.25, 0.3) is 11.4 Å². The van der Waals surface area contributed by atoms with Crippen LogP contribution in [0.4, 0.5) is 4.39 Å². The molecule has 1 N–H and O–H groups in total. The molecule has 2 heterocycles. The molecule has 0 bridgehead atoms. The van der Waals surface area contributed by atoms with E-state index < -0.39 is 0 Å². The molecule has 32 heavy (non-hydrogen) atoms. The van der Waals surface area contributed by atoms with Crippen molar-refractivity contribution in [1.29, 1.82) is 0 Å². The van der Waals surface area contributed by atoms with Crippen LogP contribution in [0.15, 0.2) is 54.6 Å². The number of hydrogen-bond donors (Lipinski definition) is 1. The minimum Gasteiger partial charge on any atom is -0.355 e. The van der Waals surface area contributed by atoms with Gasteiger partial charge in [-0.2, -0.15) is 0 Å². The molecule has 1 aliphatic rings. The van der Waals surface area contributed by atoms with Gasteiger partial charge in [0.15, 0.2) is 5.82 Å². The first-order valence-corrected chi connectivity index (χ1v) is 10.8. The van der Waals surface area contributed by atoms with Crippen LogP contribution >= 0.6 is 0 Å². The van der Waals surface area contributed by atoms with Gasteiger partial charge in [0.1, 0.15) is 11.6 Å². The van der Waals surface area contributed by atoms with Crippen molar-refractivity contribution in [2.45, 2.75) is 19.3 Å². The molecule has 1 saturated heterocycles. The third kappa shape index (κ3) is 4.85. The number of benzene rings is 2. The van der Waals surface area contributed by atoms with Gasteiger partial charge in [0.25, 0.3) is 5.91 Å². The molecule has 1 aromatic heterocycles.